The highest BCUT2D eigenvalue weighted by Gasteiger charge is 2.30. The lowest BCUT2D eigenvalue weighted by Gasteiger charge is -2.32. The van der Waals surface area contributed by atoms with E-state index in [1.165, 1.54) is 27.7 Å². The van der Waals surface area contributed by atoms with Crippen molar-refractivity contribution in [3.63, 3.8) is 0 Å². The molecule has 0 saturated carbocycles. The number of Topliss-reactive ketones (excluding diaryl/α,β-unsaturated/α-hetero) is 1. The number of carbonyl (C=O) groups is 2. The zero-order chi connectivity index (χ0) is 31.6. The molecule has 3 rings (SSSR count). The molecule has 0 spiro atoms. The average Bonchev–Trinajstić information content (AvgIpc) is 3.22. The minimum atomic E-state index is -0.0218. The molecule has 0 bridgehead atoms. The molecule has 9 nitrogen and oxygen atoms in total. The Bertz CT molecular complexity index is 1190. The Hall–Kier alpha value is -2.11. The highest BCUT2D eigenvalue weighted by Crippen LogP contribution is 2.37. The van der Waals surface area contributed by atoms with Gasteiger partial charge in [-0.15, -0.1) is 0 Å². The number of unbranched alkanes of at least 4 members (excludes halogenated alkanes) is 3. The number of nitrogens with one attached hydrogen (secondary N) is 2. The number of ketones is 1. The van der Waals surface area contributed by atoms with Crippen LogP contribution in [0.1, 0.15) is 110 Å². The van der Waals surface area contributed by atoms with Gasteiger partial charge in [-0.05, 0) is 95.9 Å². The summed E-state index contributed by atoms with van der Waals surface area (Å²) in [6.07, 6.45) is 8.79. The van der Waals surface area contributed by atoms with Gasteiger partial charge in [-0.25, -0.2) is 5.90 Å². The predicted octanol–water partition coefficient (Wildman–Crippen LogP) is 5.78. The van der Waals surface area contributed by atoms with Crippen LogP contribution in [0.2, 0.25) is 0 Å². The van der Waals surface area contributed by atoms with E-state index in [1.54, 1.807) is 0 Å². The number of benzene rings is 1. The molecule has 0 unspecified atom stereocenters. The Morgan fingerprint density at radius 2 is 1.70 bits per heavy atom. The SMILES string of the molecule is CC(C)(C)Cc1c([SH+]C(C)(C)C)[nH]c2c(CN3CCC(CCNC(=O)CCCCCCC(=O)CON)CC3)c(O)ccc12.[OH-]. The number of carbonyl (C=O) groups excluding carboxylic acids is 2. The van der Waals surface area contributed by atoms with Crippen molar-refractivity contribution in [1.82, 2.24) is 15.2 Å². The van der Waals surface area contributed by atoms with Crippen molar-refractivity contribution >= 4 is 34.4 Å². The van der Waals surface area contributed by atoms with Crippen LogP contribution in [0.3, 0.4) is 0 Å². The van der Waals surface area contributed by atoms with E-state index >= 15 is 0 Å². The van der Waals surface area contributed by atoms with E-state index in [4.69, 9.17) is 5.90 Å². The van der Waals surface area contributed by atoms with Gasteiger partial charge >= 0.3 is 0 Å². The molecule has 1 aliphatic rings. The number of nitrogens with two attached hydrogens (primary N) is 1. The van der Waals surface area contributed by atoms with Gasteiger partial charge in [0.2, 0.25) is 10.9 Å². The summed E-state index contributed by atoms with van der Waals surface area (Å²) in [6, 6.07) is 3.97. The zero-order valence-electron chi connectivity index (χ0n) is 27.9. The molecule has 1 saturated heterocycles. The minimum Gasteiger partial charge on any atom is -0.870 e. The lowest BCUT2D eigenvalue weighted by molar-refractivity contribution is -0.124. The molecular formula is C34H58N4O5S. The Balaban J connectivity index is 0.00000675. The highest BCUT2D eigenvalue weighted by atomic mass is 32.2. The topological polar surface area (TPSA) is 151 Å². The quantitative estimate of drug-likeness (QED) is 0.0791. The smallest absolute Gasteiger partial charge is 0.227 e. The summed E-state index contributed by atoms with van der Waals surface area (Å²) in [7, 11) is 0. The Morgan fingerprint density at radius 1 is 1.05 bits per heavy atom. The molecule has 2 heterocycles. The van der Waals surface area contributed by atoms with Crippen molar-refractivity contribution in [3.05, 3.63) is 23.3 Å². The Morgan fingerprint density at radius 3 is 2.32 bits per heavy atom. The number of fused-ring (bicyclic) bond motifs is 1. The first-order valence-corrected chi connectivity index (χ1v) is 17.1. The van der Waals surface area contributed by atoms with Gasteiger partial charge in [0, 0.05) is 54.2 Å². The maximum absolute atomic E-state index is 12.3. The minimum absolute atomic E-state index is 0. The van der Waals surface area contributed by atoms with E-state index in [-0.39, 0.29) is 33.9 Å². The number of phenolic OH excluding ortho intramolecular Hbond substituents is 1. The van der Waals surface area contributed by atoms with Gasteiger partial charge in [-0.3, -0.25) is 19.3 Å². The Kier molecular flexibility index (Phi) is 15.2. The number of phenols is 1. The number of thiol groups is 1. The van der Waals surface area contributed by atoms with Crippen LogP contribution in [0.25, 0.3) is 10.9 Å². The van der Waals surface area contributed by atoms with E-state index < -0.39 is 0 Å². The molecule has 0 atom stereocenters. The van der Waals surface area contributed by atoms with Gasteiger partial charge in [0.05, 0.1) is 5.52 Å². The second kappa shape index (κ2) is 17.5. The van der Waals surface area contributed by atoms with Crippen LogP contribution in [0, 0.1) is 11.3 Å². The molecule has 2 aromatic rings. The summed E-state index contributed by atoms with van der Waals surface area (Å²) >= 11 is 1.28. The number of aromatic hydroxyl groups is 1. The first kappa shape index (κ1) is 38.1. The fourth-order valence-electron chi connectivity index (χ4n) is 5.94. The van der Waals surface area contributed by atoms with Gasteiger partial charge < -0.3 is 20.9 Å². The van der Waals surface area contributed by atoms with Crippen LogP contribution in [-0.4, -0.2) is 63.1 Å². The van der Waals surface area contributed by atoms with Crippen LogP contribution in [-0.2, 0) is 39.2 Å². The summed E-state index contributed by atoms with van der Waals surface area (Å²) in [5, 5.41) is 16.6. The summed E-state index contributed by atoms with van der Waals surface area (Å²) in [4.78, 5) is 34.2. The number of nitrogens with zero attached hydrogens (tertiary/aromatic N) is 1. The molecule has 1 aromatic heterocycles. The third kappa shape index (κ3) is 12.7. The number of rotatable bonds is 16. The number of aromatic nitrogens is 1. The monoisotopic (exact) mass is 634 g/mol. The molecule has 44 heavy (non-hydrogen) atoms. The van der Waals surface area contributed by atoms with Crippen molar-refractivity contribution in [1.29, 1.82) is 0 Å². The molecule has 6 N–H and O–H groups in total. The van der Waals surface area contributed by atoms with Crippen molar-refractivity contribution in [3.8, 4) is 5.75 Å². The average molecular weight is 635 g/mol. The molecule has 1 aliphatic heterocycles. The number of H-pyrrole nitrogens is 1. The van der Waals surface area contributed by atoms with E-state index in [9.17, 15) is 14.7 Å². The second-order valence-corrected chi connectivity index (χ2v) is 16.6. The molecule has 250 valence electrons. The molecule has 0 radical (unpaired) electrons. The van der Waals surface area contributed by atoms with Gasteiger partial charge in [0.1, 0.15) is 17.1 Å². The van der Waals surface area contributed by atoms with Gasteiger partial charge in [-0.2, -0.15) is 0 Å². The molecule has 1 amide bonds. The van der Waals surface area contributed by atoms with E-state index in [0.29, 0.717) is 24.5 Å². The van der Waals surface area contributed by atoms with Crippen molar-refractivity contribution in [2.75, 3.05) is 26.2 Å². The largest absolute Gasteiger partial charge is 0.870 e. The van der Waals surface area contributed by atoms with Gasteiger partial charge in [0.15, 0.2) is 5.78 Å². The standard InChI is InChI=1S/C34H56N4O4S.H2O/c1-33(2,3)21-27-26-13-14-29(40)28(31(26)37-32(27)43-34(4,5)6)22-38-19-16-24(17-20-38)15-18-36-30(41)12-10-8-7-9-11-25(39)23-42-35;/h13-14,24,37,40H,7-12,15-23,35H2,1-6H3,(H,36,41);1H2. The fourth-order valence-corrected chi connectivity index (χ4v) is 7.11. The Labute approximate surface area is 268 Å². The van der Waals surface area contributed by atoms with Crippen LogP contribution < -0.4 is 11.2 Å². The second-order valence-electron chi connectivity index (χ2n) is 14.6. The van der Waals surface area contributed by atoms with Gasteiger partial charge in [-0.1, -0.05) is 33.6 Å². The molecular weight excluding hydrogens is 576 g/mol. The van der Waals surface area contributed by atoms with Crippen LogP contribution in [0.5, 0.6) is 5.75 Å². The number of piperidine rings is 1. The van der Waals surface area contributed by atoms with E-state index in [0.717, 1.165) is 88.6 Å². The number of hydrogen-bond acceptors (Lipinski definition) is 7. The van der Waals surface area contributed by atoms with Crippen molar-refractivity contribution in [2.45, 2.75) is 122 Å². The van der Waals surface area contributed by atoms with E-state index in [1.807, 2.05) is 6.07 Å². The number of hydrogen-bond donors (Lipinski definition) is 4. The molecule has 0 aliphatic carbocycles. The normalized spacial score (nSPS) is 15.0. The van der Waals surface area contributed by atoms with Crippen molar-refractivity contribution < 1.29 is 25.0 Å². The number of amides is 1. The van der Waals surface area contributed by atoms with Crippen LogP contribution >= 0.6 is 0 Å². The third-order valence-corrected chi connectivity index (χ3v) is 9.39. The number of likely N-dealkylation sites (tertiary alicyclic amines) is 1. The maximum atomic E-state index is 12.3. The zero-order valence-corrected chi connectivity index (χ0v) is 28.8. The highest BCUT2D eigenvalue weighted by molar-refractivity contribution is 7.80. The first-order valence-electron chi connectivity index (χ1n) is 16.2. The third-order valence-electron chi connectivity index (χ3n) is 8.11. The maximum Gasteiger partial charge on any atom is 0.227 e. The molecule has 1 fully saturated rings. The lowest BCUT2D eigenvalue weighted by Crippen LogP contribution is -2.35. The first-order chi connectivity index (χ1) is 20.3. The lowest BCUT2D eigenvalue weighted by atomic mass is 9.88. The molecule has 10 heteroatoms. The van der Waals surface area contributed by atoms with E-state index in [2.05, 4.69) is 67.6 Å². The summed E-state index contributed by atoms with van der Waals surface area (Å²) < 4.78 is 0.139. The van der Waals surface area contributed by atoms with Gasteiger partial charge in [0.25, 0.3) is 0 Å². The van der Waals surface area contributed by atoms with Crippen LogP contribution in [0.4, 0.5) is 0 Å². The summed E-state index contributed by atoms with van der Waals surface area (Å²) in [5.74, 6) is 6.04. The van der Waals surface area contributed by atoms with Crippen molar-refractivity contribution in [2.24, 2.45) is 17.2 Å². The fraction of sp³-hybridized carbons (Fsp3) is 0.706. The van der Waals surface area contributed by atoms with Crippen LogP contribution in [0.15, 0.2) is 17.2 Å². The molecule has 1 aromatic carbocycles. The summed E-state index contributed by atoms with van der Waals surface area (Å²) in [5.41, 5.74) is 3.64. The number of aromatic amines is 1. The summed E-state index contributed by atoms with van der Waals surface area (Å²) in [6.45, 7) is 17.1. The predicted molar refractivity (Wildman–Crippen MR) is 180 cm³/mol.